The largest absolute Gasteiger partial charge is 0.454 e. The minimum Gasteiger partial charge on any atom is -0.454 e. The van der Waals surface area contributed by atoms with E-state index >= 15 is 0 Å². The van der Waals surface area contributed by atoms with Crippen LogP contribution in [-0.4, -0.2) is 17.3 Å². The Kier molecular flexibility index (Phi) is 3.30. The molecule has 0 aliphatic carbocycles. The number of aromatic nitrogens is 1. The Hall–Kier alpha value is -2.41. The summed E-state index contributed by atoms with van der Waals surface area (Å²) in [6.07, 6.45) is 0. The number of nitrogens with zero attached hydrogens (tertiary/aromatic N) is 1. The molecule has 1 aliphatic heterocycles. The first-order chi connectivity index (χ1) is 11.1. The molecular weight excluding hydrogens is 364 g/mol. The van der Waals surface area contributed by atoms with Crippen molar-refractivity contribution in [3.8, 4) is 11.5 Å². The third kappa shape index (κ3) is 2.46. The minimum absolute atomic E-state index is 0.160. The molecule has 2 aromatic heterocycles. The van der Waals surface area contributed by atoms with Gasteiger partial charge in [0, 0.05) is 25.7 Å². The molecule has 23 heavy (non-hydrogen) atoms. The van der Waals surface area contributed by atoms with Crippen molar-refractivity contribution >= 4 is 32.9 Å². The van der Waals surface area contributed by atoms with Crippen LogP contribution in [0.3, 0.4) is 0 Å². The smallest absolute Gasteiger partial charge is 0.268 e. The molecule has 0 spiro atoms. The molecule has 1 N–H and O–H groups in total. The number of benzene rings is 1. The van der Waals surface area contributed by atoms with Gasteiger partial charge in [-0.05, 0) is 33.6 Å². The van der Waals surface area contributed by atoms with Gasteiger partial charge in [0.25, 0.3) is 5.91 Å². The van der Waals surface area contributed by atoms with E-state index < -0.39 is 0 Å². The van der Waals surface area contributed by atoms with E-state index in [1.54, 1.807) is 10.6 Å². The third-order valence-electron chi connectivity index (χ3n) is 3.82. The Labute approximate surface area is 140 Å². The lowest BCUT2D eigenvalue weighted by molar-refractivity contribution is 0.0943. The maximum Gasteiger partial charge on any atom is 0.268 e. The molecule has 7 heteroatoms. The van der Waals surface area contributed by atoms with Gasteiger partial charge in [-0.2, -0.15) is 0 Å². The van der Waals surface area contributed by atoms with Gasteiger partial charge in [-0.1, -0.05) is 6.07 Å². The first-order valence-corrected chi connectivity index (χ1v) is 7.82. The molecular formula is C16H13BrN2O4. The lowest BCUT2D eigenvalue weighted by Crippen LogP contribution is -2.24. The van der Waals surface area contributed by atoms with Gasteiger partial charge < -0.3 is 23.8 Å². The second kappa shape index (κ2) is 5.34. The van der Waals surface area contributed by atoms with E-state index in [0.717, 1.165) is 16.8 Å². The summed E-state index contributed by atoms with van der Waals surface area (Å²) >= 11 is 3.28. The normalized spacial score (nSPS) is 12.8. The highest BCUT2D eigenvalue weighted by Crippen LogP contribution is 2.32. The van der Waals surface area contributed by atoms with Crippen molar-refractivity contribution in [2.24, 2.45) is 7.05 Å². The highest BCUT2D eigenvalue weighted by atomic mass is 79.9. The molecule has 0 fully saturated rings. The van der Waals surface area contributed by atoms with Crippen molar-refractivity contribution in [1.29, 1.82) is 0 Å². The molecule has 0 saturated carbocycles. The van der Waals surface area contributed by atoms with Crippen LogP contribution < -0.4 is 14.8 Å². The molecule has 0 radical (unpaired) electrons. The van der Waals surface area contributed by atoms with E-state index in [1.165, 1.54) is 0 Å². The standard InChI is InChI=1S/C16H13BrN2O4/c1-19-10-6-15(17)23-13(10)5-11(19)16(20)18-7-9-2-3-12-14(4-9)22-8-21-12/h2-6H,7-8H2,1H3,(H,18,20). The average Bonchev–Trinajstić information content (AvgIpc) is 3.21. The summed E-state index contributed by atoms with van der Waals surface area (Å²) in [4.78, 5) is 12.4. The Bertz CT molecular complexity index is 912. The Morgan fingerprint density at radius 1 is 1.26 bits per heavy atom. The quantitative estimate of drug-likeness (QED) is 0.762. The first-order valence-electron chi connectivity index (χ1n) is 7.03. The second-order valence-corrected chi connectivity index (χ2v) is 6.04. The summed E-state index contributed by atoms with van der Waals surface area (Å²) in [6, 6.07) is 9.19. The topological polar surface area (TPSA) is 65.6 Å². The van der Waals surface area contributed by atoms with E-state index in [9.17, 15) is 4.79 Å². The van der Waals surface area contributed by atoms with Crippen LogP contribution in [0.4, 0.5) is 0 Å². The van der Waals surface area contributed by atoms with E-state index in [4.69, 9.17) is 13.9 Å². The number of ether oxygens (including phenoxy) is 2. The molecule has 0 saturated heterocycles. The summed E-state index contributed by atoms with van der Waals surface area (Å²) in [7, 11) is 1.83. The number of nitrogens with one attached hydrogen (secondary N) is 1. The van der Waals surface area contributed by atoms with Crippen molar-refractivity contribution in [3.63, 3.8) is 0 Å². The second-order valence-electron chi connectivity index (χ2n) is 5.26. The zero-order valence-electron chi connectivity index (χ0n) is 12.3. The van der Waals surface area contributed by atoms with Crippen LogP contribution in [0.1, 0.15) is 16.1 Å². The third-order valence-corrected chi connectivity index (χ3v) is 4.21. The van der Waals surface area contributed by atoms with Crippen LogP contribution in [0, 0.1) is 0 Å². The van der Waals surface area contributed by atoms with E-state index in [1.807, 2.05) is 31.3 Å². The molecule has 1 aromatic carbocycles. The van der Waals surface area contributed by atoms with Gasteiger partial charge in [-0.25, -0.2) is 0 Å². The molecule has 118 valence electrons. The van der Waals surface area contributed by atoms with Crippen molar-refractivity contribution in [2.45, 2.75) is 6.54 Å². The van der Waals surface area contributed by atoms with Gasteiger partial charge in [-0.15, -0.1) is 0 Å². The first kappa shape index (κ1) is 14.2. The summed E-state index contributed by atoms with van der Waals surface area (Å²) in [5, 5.41) is 2.90. The van der Waals surface area contributed by atoms with Gasteiger partial charge in [0.15, 0.2) is 21.8 Å². The summed E-state index contributed by atoms with van der Waals surface area (Å²) < 4.78 is 18.5. The van der Waals surface area contributed by atoms with Gasteiger partial charge in [0.1, 0.15) is 5.69 Å². The molecule has 6 nitrogen and oxygen atoms in total. The lowest BCUT2D eigenvalue weighted by atomic mass is 10.2. The number of rotatable bonds is 3. The van der Waals surface area contributed by atoms with Crippen molar-refractivity contribution in [1.82, 2.24) is 9.88 Å². The zero-order valence-corrected chi connectivity index (χ0v) is 13.8. The van der Waals surface area contributed by atoms with Gasteiger partial charge in [-0.3, -0.25) is 4.79 Å². The Balaban J connectivity index is 1.50. The fourth-order valence-corrected chi connectivity index (χ4v) is 3.01. The van der Waals surface area contributed by atoms with Crippen molar-refractivity contribution < 1.29 is 18.7 Å². The molecule has 4 rings (SSSR count). The summed E-state index contributed by atoms with van der Waals surface area (Å²) in [6.45, 7) is 0.648. The van der Waals surface area contributed by atoms with E-state index in [0.29, 0.717) is 28.2 Å². The predicted octanol–water partition coefficient (Wildman–Crippen LogP) is 3.19. The predicted molar refractivity (Wildman–Crippen MR) is 86.6 cm³/mol. The maximum atomic E-state index is 12.4. The fourth-order valence-electron chi connectivity index (χ4n) is 2.62. The molecule has 3 heterocycles. The molecule has 3 aromatic rings. The number of hydrogen-bond donors (Lipinski definition) is 1. The van der Waals surface area contributed by atoms with E-state index in [-0.39, 0.29) is 12.7 Å². The molecule has 0 unspecified atom stereocenters. The van der Waals surface area contributed by atoms with Crippen LogP contribution in [-0.2, 0) is 13.6 Å². The SMILES string of the molecule is Cn1c(C(=O)NCc2ccc3c(c2)OCO3)cc2oc(Br)cc21. The summed E-state index contributed by atoms with van der Waals surface area (Å²) in [5.41, 5.74) is 3.04. The highest BCUT2D eigenvalue weighted by molar-refractivity contribution is 9.10. The van der Waals surface area contributed by atoms with Crippen molar-refractivity contribution in [2.75, 3.05) is 6.79 Å². The van der Waals surface area contributed by atoms with Crippen molar-refractivity contribution in [3.05, 3.63) is 46.3 Å². The highest BCUT2D eigenvalue weighted by Gasteiger charge is 2.17. The van der Waals surface area contributed by atoms with Crippen LogP contribution in [0.2, 0.25) is 0 Å². The molecule has 1 aliphatic rings. The number of hydrogen-bond acceptors (Lipinski definition) is 4. The number of carbonyl (C=O) groups is 1. The number of furan rings is 1. The average molecular weight is 377 g/mol. The number of amides is 1. The van der Waals surface area contributed by atoms with Gasteiger partial charge in [0.05, 0.1) is 5.52 Å². The lowest BCUT2D eigenvalue weighted by Gasteiger charge is -2.07. The Morgan fingerprint density at radius 3 is 2.91 bits per heavy atom. The zero-order chi connectivity index (χ0) is 16.0. The number of aryl methyl sites for hydroxylation is 1. The van der Waals surface area contributed by atoms with Crippen LogP contribution in [0.15, 0.2) is 39.4 Å². The van der Waals surface area contributed by atoms with Crippen LogP contribution in [0.5, 0.6) is 11.5 Å². The number of fused-ring (bicyclic) bond motifs is 2. The monoisotopic (exact) mass is 376 g/mol. The molecule has 0 atom stereocenters. The Morgan fingerprint density at radius 2 is 2.09 bits per heavy atom. The fraction of sp³-hybridized carbons (Fsp3) is 0.188. The summed E-state index contributed by atoms with van der Waals surface area (Å²) in [5.74, 6) is 1.28. The van der Waals surface area contributed by atoms with Crippen LogP contribution >= 0.6 is 15.9 Å². The van der Waals surface area contributed by atoms with Gasteiger partial charge >= 0.3 is 0 Å². The minimum atomic E-state index is -0.160. The molecule has 1 amide bonds. The van der Waals surface area contributed by atoms with Gasteiger partial charge in [0.2, 0.25) is 6.79 Å². The van der Waals surface area contributed by atoms with E-state index in [2.05, 4.69) is 21.2 Å². The number of halogens is 1. The number of carbonyl (C=O) groups excluding carboxylic acids is 1. The van der Waals surface area contributed by atoms with Crippen LogP contribution in [0.25, 0.3) is 11.1 Å². The molecule has 0 bridgehead atoms. The maximum absolute atomic E-state index is 12.4.